The number of nitrogens with zero attached hydrogens (tertiary/aromatic N) is 1. The van der Waals surface area contributed by atoms with Gasteiger partial charge in [0.25, 0.3) is 0 Å². The lowest BCUT2D eigenvalue weighted by Gasteiger charge is -2.14. The summed E-state index contributed by atoms with van der Waals surface area (Å²) in [5, 5.41) is 2.79. The van der Waals surface area contributed by atoms with Crippen LogP contribution < -0.4 is 10.1 Å². The Bertz CT molecular complexity index is 620. The minimum Gasteiger partial charge on any atom is -0.404 e. The highest BCUT2D eigenvalue weighted by atomic mass is 79.9. The second-order valence-corrected chi connectivity index (χ2v) is 5.42. The zero-order valence-corrected chi connectivity index (χ0v) is 12.9. The van der Waals surface area contributed by atoms with Crippen LogP contribution in [0.25, 0.3) is 0 Å². The van der Waals surface area contributed by atoms with Crippen molar-refractivity contribution in [2.75, 3.05) is 5.32 Å². The Labute approximate surface area is 129 Å². The van der Waals surface area contributed by atoms with Crippen molar-refractivity contribution < 1.29 is 17.9 Å². The van der Waals surface area contributed by atoms with Gasteiger partial charge in [-0.25, -0.2) is 4.98 Å². The van der Waals surface area contributed by atoms with E-state index in [2.05, 4.69) is 46.9 Å². The number of hydrogen-bond donors (Lipinski definition) is 1. The summed E-state index contributed by atoms with van der Waals surface area (Å²) in [6.07, 6.45) is -3.22. The highest BCUT2D eigenvalue weighted by Gasteiger charge is 2.32. The molecule has 8 heteroatoms. The number of pyridine rings is 1. The Hall–Kier alpha value is -1.28. The van der Waals surface area contributed by atoms with Crippen LogP contribution in [-0.4, -0.2) is 11.3 Å². The second kappa shape index (κ2) is 6.01. The minimum atomic E-state index is -4.75. The van der Waals surface area contributed by atoms with E-state index in [1.165, 1.54) is 24.4 Å². The maximum absolute atomic E-state index is 12.3. The summed E-state index contributed by atoms with van der Waals surface area (Å²) >= 11 is 6.51. The van der Waals surface area contributed by atoms with E-state index in [-0.39, 0.29) is 11.4 Å². The standard InChI is InChI=1S/C12H7Br2F3N2O/c13-7-5-8(14)11(18-6-7)19-9-3-1-2-4-10(9)20-12(15,16)17/h1-6H,(H,18,19). The van der Waals surface area contributed by atoms with Crippen molar-refractivity contribution in [3.05, 3.63) is 45.5 Å². The average Bonchev–Trinajstić information content (AvgIpc) is 2.33. The molecule has 1 aromatic heterocycles. The molecule has 0 saturated heterocycles. The first kappa shape index (κ1) is 15.1. The molecule has 1 heterocycles. The molecule has 20 heavy (non-hydrogen) atoms. The molecule has 0 fully saturated rings. The van der Waals surface area contributed by atoms with Gasteiger partial charge < -0.3 is 10.1 Å². The van der Waals surface area contributed by atoms with Crippen LogP contribution in [-0.2, 0) is 0 Å². The molecule has 0 atom stereocenters. The second-order valence-electron chi connectivity index (χ2n) is 3.65. The lowest BCUT2D eigenvalue weighted by atomic mass is 10.3. The summed E-state index contributed by atoms with van der Waals surface area (Å²) in [5.41, 5.74) is 0.167. The van der Waals surface area contributed by atoms with Crippen LogP contribution in [0.3, 0.4) is 0 Å². The topological polar surface area (TPSA) is 34.1 Å². The third-order valence-electron chi connectivity index (χ3n) is 2.17. The van der Waals surface area contributed by atoms with Crippen LogP contribution >= 0.6 is 31.9 Å². The Morgan fingerprint density at radius 3 is 2.50 bits per heavy atom. The highest BCUT2D eigenvalue weighted by Crippen LogP contribution is 2.33. The molecule has 0 bridgehead atoms. The van der Waals surface area contributed by atoms with Crippen molar-refractivity contribution in [3.63, 3.8) is 0 Å². The molecule has 106 valence electrons. The van der Waals surface area contributed by atoms with E-state index in [0.717, 1.165) is 4.47 Å². The van der Waals surface area contributed by atoms with Gasteiger partial charge in [0.2, 0.25) is 0 Å². The Morgan fingerprint density at radius 1 is 1.15 bits per heavy atom. The lowest BCUT2D eigenvalue weighted by Crippen LogP contribution is -2.17. The summed E-state index contributed by atoms with van der Waals surface area (Å²) in [7, 11) is 0. The molecule has 2 aromatic rings. The zero-order chi connectivity index (χ0) is 14.8. The van der Waals surface area contributed by atoms with Crippen LogP contribution in [0, 0.1) is 0 Å². The number of hydrogen-bond acceptors (Lipinski definition) is 3. The van der Waals surface area contributed by atoms with E-state index in [1.54, 1.807) is 12.1 Å². The van der Waals surface area contributed by atoms with Gasteiger partial charge >= 0.3 is 6.36 Å². The van der Waals surface area contributed by atoms with Gasteiger partial charge in [-0.15, -0.1) is 13.2 Å². The molecular formula is C12H7Br2F3N2O. The molecule has 0 saturated carbocycles. The fourth-order valence-electron chi connectivity index (χ4n) is 1.42. The van der Waals surface area contributed by atoms with E-state index < -0.39 is 6.36 Å². The van der Waals surface area contributed by atoms with Crippen molar-refractivity contribution in [2.45, 2.75) is 6.36 Å². The minimum absolute atomic E-state index is 0.167. The molecular weight excluding hydrogens is 405 g/mol. The van der Waals surface area contributed by atoms with Crippen LogP contribution in [0.1, 0.15) is 0 Å². The maximum Gasteiger partial charge on any atom is 0.573 e. The van der Waals surface area contributed by atoms with E-state index in [9.17, 15) is 13.2 Å². The Morgan fingerprint density at radius 2 is 1.85 bits per heavy atom. The molecule has 0 aliphatic heterocycles. The molecule has 2 rings (SSSR count). The number of benzene rings is 1. The van der Waals surface area contributed by atoms with Gasteiger partial charge in [0.15, 0.2) is 5.75 Å². The first-order valence-electron chi connectivity index (χ1n) is 5.28. The SMILES string of the molecule is FC(F)(F)Oc1ccccc1Nc1ncc(Br)cc1Br. The first-order valence-corrected chi connectivity index (χ1v) is 6.86. The van der Waals surface area contributed by atoms with E-state index in [0.29, 0.717) is 10.3 Å². The monoisotopic (exact) mass is 410 g/mol. The molecule has 0 spiro atoms. The number of para-hydroxylation sites is 2. The van der Waals surface area contributed by atoms with E-state index >= 15 is 0 Å². The van der Waals surface area contributed by atoms with Crippen molar-refractivity contribution in [3.8, 4) is 5.75 Å². The van der Waals surface area contributed by atoms with Crippen LogP contribution in [0.4, 0.5) is 24.7 Å². The van der Waals surface area contributed by atoms with Gasteiger partial charge in [-0.05, 0) is 50.1 Å². The summed E-state index contributed by atoms with van der Waals surface area (Å²) < 4.78 is 42.2. The van der Waals surface area contributed by atoms with Crippen molar-refractivity contribution in [2.24, 2.45) is 0 Å². The van der Waals surface area contributed by atoms with Gasteiger partial charge in [0.1, 0.15) is 5.82 Å². The zero-order valence-electron chi connectivity index (χ0n) is 9.71. The van der Waals surface area contributed by atoms with Crippen molar-refractivity contribution in [1.82, 2.24) is 4.98 Å². The lowest BCUT2D eigenvalue weighted by molar-refractivity contribution is -0.274. The fourth-order valence-corrected chi connectivity index (χ4v) is 2.50. The summed E-state index contributed by atoms with van der Waals surface area (Å²) in [6, 6.07) is 7.47. The normalized spacial score (nSPS) is 11.2. The number of alkyl halides is 3. The molecule has 1 N–H and O–H groups in total. The van der Waals surface area contributed by atoms with Crippen molar-refractivity contribution >= 4 is 43.4 Å². The summed E-state index contributed by atoms with van der Waals surface area (Å²) in [5.74, 6) is 0.0584. The number of anilines is 2. The van der Waals surface area contributed by atoms with Crippen molar-refractivity contribution in [1.29, 1.82) is 0 Å². The quantitative estimate of drug-likeness (QED) is 0.749. The van der Waals surface area contributed by atoms with E-state index in [1.807, 2.05) is 0 Å². The van der Waals surface area contributed by atoms with E-state index in [4.69, 9.17) is 0 Å². The first-order chi connectivity index (χ1) is 9.35. The molecule has 3 nitrogen and oxygen atoms in total. The predicted octanol–water partition coefficient (Wildman–Crippen LogP) is 5.25. The predicted molar refractivity (Wildman–Crippen MR) is 76.0 cm³/mol. The van der Waals surface area contributed by atoms with Crippen LogP contribution in [0.5, 0.6) is 5.75 Å². The third kappa shape index (κ3) is 4.11. The molecule has 1 aromatic carbocycles. The number of ether oxygens (including phenoxy) is 1. The van der Waals surface area contributed by atoms with Crippen LogP contribution in [0.2, 0.25) is 0 Å². The Kier molecular flexibility index (Phi) is 4.54. The molecule has 0 aliphatic carbocycles. The van der Waals surface area contributed by atoms with Gasteiger partial charge in [-0.3, -0.25) is 0 Å². The summed E-state index contributed by atoms with van der Waals surface area (Å²) in [6.45, 7) is 0. The Balaban J connectivity index is 2.29. The largest absolute Gasteiger partial charge is 0.573 e. The van der Waals surface area contributed by atoms with Gasteiger partial charge in [-0.1, -0.05) is 12.1 Å². The smallest absolute Gasteiger partial charge is 0.404 e. The third-order valence-corrected chi connectivity index (χ3v) is 3.21. The molecule has 0 radical (unpaired) electrons. The number of rotatable bonds is 3. The summed E-state index contributed by atoms with van der Waals surface area (Å²) in [4.78, 5) is 4.07. The molecule has 0 aliphatic rings. The average molecular weight is 412 g/mol. The van der Waals surface area contributed by atoms with Gasteiger partial charge in [0.05, 0.1) is 10.2 Å². The maximum atomic E-state index is 12.3. The highest BCUT2D eigenvalue weighted by molar-refractivity contribution is 9.11. The van der Waals surface area contributed by atoms with Gasteiger partial charge in [-0.2, -0.15) is 0 Å². The van der Waals surface area contributed by atoms with Gasteiger partial charge in [0, 0.05) is 10.7 Å². The fraction of sp³-hybridized carbons (Fsp3) is 0.0833. The number of halogens is 5. The molecule has 0 amide bonds. The van der Waals surface area contributed by atoms with Crippen LogP contribution in [0.15, 0.2) is 45.5 Å². The molecule has 0 unspecified atom stereocenters. The number of aromatic nitrogens is 1. The number of nitrogens with one attached hydrogen (secondary N) is 1.